The van der Waals surface area contributed by atoms with Gasteiger partial charge in [-0.05, 0) is 59.4 Å². The molecule has 2 nitrogen and oxygen atoms in total. The van der Waals surface area contributed by atoms with Crippen molar-refractivity contribution in [2.75, 3.05) is 7.11 Å². The molecular formula is C23H30O2. The van der Waals surface area contributed by atoms with Gasteiger partial charge in [0, 0.05) is 0 Å². The summed E-state index contributed by atoms with van der Waals surface area (Å²) < 4.78 is 4.85. The van der Waals surface area contributed by atoms with Gasteiger partial charge in [0.1, 0.15) is 0 Å². The Bertz CT molecular complexity index is 703. The molecule has 2 rings (SSSR count). The van der Waals surface area contributed by atoms with Gasteiger partial charge >= 0.3 is 5.97 Å². The molecule has 2 unspecified atom stereocenters. The van der Waals surface area contributed by atoms with Crippen molar-refractivity contribution in [3.8, 4) is 0 Å². The predicted molar refractivity (Wildman–Crippen MR) is 104 cm³/mol. The average molecular weight is 338 g/mol. The van der Waals surface area contributed by atoms with Crippen LogP contribution in [0.1, 0.15) is 73.0 Å². The van der Waals surface area contributed by atoms with Crippen molar-refractivity contribution in [1.82, 2.24) is 0 Å². The lowest BCUT2D eigenvalue weighted by molar-refractivity contribution is 0.0600. The molecule has 0 amide bonds. The first-order chi connectivity index (χ1) is 12.0. The number of benzene rings is 2. The van der Waals surface area contributed by atoms with Crippen LogP contribution in [0.3, 0.4) is 0 Å². The summed E-state index contributed by atoms with van der Waals surface area (Å²) in [6.07, 6.45) is 2.07. The van der Waals surface area contributed by atoms with Crippen LogP contribution >= 0.6 is 0 Å². The van der Waals surface area contributed by atoms with Gasteiger partial charge in [0.15, 0.2) is 0 Å². The summed E-state index contributed by atoms with van der Waals surface area (Å²) in [5.41, 5.74) is 4.70. The van der Waals surface area contributed by atoms with Gasteiger partial charge in [0.2, 0.25) is 0 Å². The van der Waals surface area contributed by atoms with Crippen LogP contribution in [0.2, 0.25) is 0 Å². The summed E-state index contributed by atoms with van der Waals surface area (Å²) in [4.78, 5) is 11.8. The monoisotopic (exact) mass is 338 g/mol. The third-order valence-corrected chi connectivity index (χ3v) is 5.15. The number of hydrogen-bond donors (Lipinski definition) is 0. The minimum absolute atomic E-state index is 0.275. The molecule has 0 bridgehead atoms. The van der Waals surface area contributed by atoms with E-state index >= 15 is 0 Å². The Morgan fingerprint density at radius 3 is 2.28 bits per heavy atom. The summed E-state index contributed by atoms with van der Waals surface area (Å²) in [5, 5.41) is 0. The Morgan fingerprint density at radius 1 is 1.00 bits per heavy atom. The number of carbonyl (C=O) groups excluding carboxylic acids is 1. The van der Waals surface area contributed by atoms with Crippen molar-refractivity contribution in [2.45, 2.75) is 52.4 Å². The van der Waals surface area contributed by atoms with E-state index in [0.717, 1.165) is 12.8 Å². The Morgan fingerprint density at radius 2 is 1.68 bits per heavy atom. The van der Waals surface area contributed by atoms with Crippen molar-refractivity contribution < 1.29 is 9.53 Å². The molecule has 0 heterocycles. The largest absolute Gasteiger partial charge is 0.465 e. The van der Waals surface area contributed by atoms with E-state index in [1.54, 1.807) is 0 Å². The molecule has 0 aliphatic heterocycles. The molecule has 0 spiro atoms. The van der Waals surface area contributed by atoms with Gasteiger partial charge < -0.3 is 4.74 Å². The zero-order valence-corrected chi connectivity index (χ0v) is 16.1. The zero-order chi connectivity index (χ0) is 18.4. The average Bonchev–Trinajstić information content (AvgIpc) is 2.64. The molecule has 0 saturated heterocycles. The van der Waals surface area contributed by atoms with Crippen LogP contribution in [-0.2, 0) is 11.2 Å². The maximum atomic E-state index is 11.8. The quantitative estimate of drug-likeness (QED) is 0.581. The number of ether oxygens (including phenoxy) is 1. The number of hydrogen-bond acceptors (Lipinski definition) is 2. The normalized spacial score (nSPS) is 13.5. The Labute approximate surface area is 152 Å². The van der Waals surface area contributed by atoms with Crippen molar-refractivity contribution >= 4 is 5.97 Å². The van der Waals surface area contributed by atoms with Crippen LogP contribution in [-0.4, -0.2) is 13.1 Å². The van der Waals surface area contributed by atoms with Crippen molar-refractivity contribution in [3.63, 3.8) is 0 Å². The van der Waals surface area contributed by atoms with E-state index < -0.39 is 0 Å². The number of rotatable bonds is 7. The molecule has 2 aromatic rings. The third-order valence-electron chi connectivity index (χ3n) is 5.15. The van der Waals surface area contributed by atoms with Gasteiger partial charge in [0.25, 0.3) is 0 Å². The minimum atomic E-state index is -0.275. The molecular weight excluding hydrogens is 308 g/mol. The molecule has 0 aliphatic carbocycles. The summed E-state index contributed by atoms with van der Waals surface area (Å²) in [6, 6.07) is 16.6. The van der Waals surface area contributed by atoms with Crippen molar-refractivity contribution in [3.05, 3.63) is 70.8 Å². The lowest BCUT2D eigenvalue weighted by atomic mass is 9.78. The molecule has 25 heavy (non-hydrogen) atoms. The molecule has 2 heteroatoms. The third kappa shape index (κ3) is 4.72. The topological polar surface area (TPSA) is 26.3 Å². The lowest BCUT2D eigenvalue weighted by Gasteiger charge is -2.26. The van der Waals surface area contributed by atoms with Crippen LogP contribution in [0.4, 0.5) is 0 Å². The van der Waals surface area contributed by atoms with Gasteiger partial charge in [-0.25, -0.2) is 4.79 Å². The molecule has 0 N–H and O–H groups in total. The fraction of sp³-hybridized carbons (Fsp3) is 0.435. The molecule has 0 fully saturated rings. The van der Waals surface area contributed by atoms with Gasteiger partial charge in [0.05, 0.1) is 12.7 Å². The predicted octanol–water partition coefficient (Wildman–Crippen LogP) is 5.97. The molecule has 0 radical (unpaired) electrons. The second kappa shape index (κ2) is 8.84. The molecule has 2 aromatic carbocycles. The maximum Gasteiger partial charge on any atom is 0.337 e. The molecule has 0 aliphatic rings. The Hall–Kier alpha value is -2.09. The van der Waals surface area contributed by atoms with Crippen molar-refractivity contribution in [1.29, 1.82) is 0 Å². The Kier molecular flexibility index (Phi) is 6.81. The first-order valence-electron chi connectivity index (χ1n) is 9.24. The highest BCUT2D eigenvalue weighted by Crippen LogP contribution is 2.35. The van der Waals surface area contributed by atoms with Crippen LogP contribution < -0.4 is 0 Å². The van der Waals surface area contributed by atoms with Gasteiger partial charge in [-0.2, -0.15) is 0 Å². The Balaban J connectivity index is 2.36. The van der Waals surface area contributed by atoms with Gasteiger partial charge in [-0.1, -0.05) is 64.1 Å². The van der Waals surface area contributed by atoms with Crippen LogP contribution in [0.15, 0.2) is 48.5 Å². The second-order valence-corrected chi connectivity index (χ2v) is 7.18. The summed E-state index contributed by atoms with van der Waals surface area (Å²) in [6.45, 7) is 9.10. The maximum absolute atomic E-state index is 11.8. The first kappa shape index (κ1) is 19.2. The number of methoxy groups -OCH3 is 1. The highest BCUT2D eigenvalue weighted by Gasteiger charge is 2.21. The smallest absolute Gasteiger partial charge is 0.337 e. The van der Waals surface area contributed by atoms with E-state index in [1.165, 1.54) is 23.8 Å². The second-order valence-electron chi connectivity index (χ2n) is 7.18. The standard InChI is InChI=1S/C23H30O2/c1-6-17(4)20-12-7-8-13-21(20)22(16(2)3)15-18-10-9-11-19(14-18)23(24)25-5/h7-14,16-17,22H,6,15H2,1-5H3. The molecule has 0 saturated carbocycles. The minimum Gasteiger partial charge on any atom is -0.465 e. The molecule has 2 atom stereocenters. The van der Waals surface area contributed by atoms with Crippen LogP contribution in [0, 0.1) is 5.92 Å². The van der Waals surface area contributed by atoms with Gasteiger partial charge in [-0.3, -0.25) is 0 Å². The lowest BCUT2D eigenvalue weighted by Crippen LogP contribution is -2.14. The van der Waals surface area contributed by atoms with E-state index in [2.05, 4.69) is 58.0 Å². The zero-order valence-electron chi connectivity index (χ0n) is 16.1. The van der Waals surface area contributed by atoms with E-state index in [0.29, 0.717) is 23.3 Å². The fourth-order valence-corrected chi connectivity index (χ4v) is 3.42. The SMILES string of the molecule is CCC(C)c1ccccc1C(Cc1cccc(C(=O)OC)c1)C(C)C. The highest BCUT2D eigenvalue weighted by atomic mass is 16.5. The van der Waals surface area contributed by atoms with Crippen LogP contribution in [0.25, 0.3) is 0 Å². The van der Waals surface area contributed by atoms with E-state index in [9.17, 15) is 4.79 Å². The number of esters is 1. The summed E-state index contributed by atoms with van der Waals surface area (Å²) in [7, 11) is 1.42. The van der Waals surface area contributed by atoms with Crippen molar-refractivity contribution in [2.24, 2.45) is 5.92 Å². The highest BCUT2D eigenvalue weighted by molar-refractivity contribution is 5.89. The first-order valence-corrected chi connectivity index (χ1v) is 9.24. The number of carbonyl (C=O) groups is 1. The molecule has 134 valence electrons. The van der Waals surface area contributed by atoms with E-state index in [1.807, 2.05) is 18.2 Å². The van der Waals surface area contributed by atoms with Gasteiger partial charge in [-0.15, -0.1) is 0 Å². The van der Waals surface area contributed by atoms with E-state index in [-0.39, 0.29) is 5.97 Å². The fourth-order valence-electron chi connectivity index (χ4n) is 3.42. The van der Waals surface area contributed by atoms with Crippen LogP contribution in [0.5, 0.6) is 0 Å². The summed E-state index contributed by atoms with van der Waals surface area (Å²) >= 11 is 0. The molecule has 0 aromatic heterocycles. The summed E-state index contributed by atoms with van der Waals surface area (Å²) in [5.74, 6) is 1.23. The van der Waals surface area contributed by atoms with E-state index in [4.69, 9.17) is 4.74 Å².